The van der Waals surface area contributed by atoms with E-state index in [1.807, 2.05) is 0 Å². The summed E-state index contributed by atoms with van der Waals surface area (Å²) in [4.78, 5) is 2.56. The average Bonchev–Trinajstić information content (AvgIpc) is 2.35. The number of hydrogen-bond donors (Lipinski definition) is 1. The number of piperidine rings is 1. The highest BCUT2D eigenvalue weighted by molar-refractivity contribution is 4.79. The van der Waals surface area contributed by atoms with E-state index < -0.39 is 0 Å². The van der Waals surface area contributed by atoms with E-state index in [1.165, 1.54) is 19.4 Å². The molecule has 17 heavy (non-hydrogen) atoms. The van der Waals surface area contributed by atoms with E-state index in [-0.39, 0.29) is 0 Å². The van der Waals surface area contributed by atoms with Gasteiger partial charge in [0.1, 0.15) is 0 Å². The van der Waals surface area contributed by atoms with Gasteiger partial charge in [-0.1, -0.05) is 0 Å². The quantitative estimate of drug-likeness (QED) is 0.694. The van der Waals surface area contributed by atoms with Crippen LogP contribution in [0, 0.1) is 5.92 Å². The van der Waals surface area contributed by atoms with Crippen molar-refractivity contribution in [1.82, 2.24) is 4.90 Å². The lowest BCUT2D eigenvalue weighted by Gasteiger charge is -2.38. The summed E-state index contributed by atoms with van der Waals surface area (Å²) >= 11 is 0. The molecule has 0 amide bonds. The van der Waals surface area contributed by atoms with Crippen LogP contribution in [0.5, 0.6) is 0 Å². The third kappa shape index (κ3) is 5.34. The summed E-state index contributed by atoms with van der Waals surface area (Å²) in [6.07, 6.45) is 4.79. The van der Waals surface area contributed by atoms with Crippen LogP contribution in [0.3, 0.4) is 0 Å². The van der Waals surface area contributed by atoms with Crippen molar-refractivity contribution in [3.8, 4) is 0 Å². The summed E-state index contributed by atoms with van der Waals surface area (Å²) in [7, 11) is 3.58. The molecule has 4 heteroatoms. The van der Waals surface area contributed by atoms with Gasteiger partial charge in [-0.25, -0.2) is 0 Å². The summed E-state index contributed by atoms with van der Waals surface area (Å²) in [5.41, 5.74) is 5.60. The van der Waals surface area contributed by atoms with Crippen molar-refractivity contribution in [3.63, 3.8) is 0 Å². The fraction of sp³-hybridized carbons (Fsp3) is 1.00. The zero-order valence-electron chi connectivity index (χ0n) is 11.4. The molecule has 0 aliphatic carbocycles. The molecule has 1 saturated heterocycles. The van der Waals surface area contributed by atoms with Crippen molar-refractivity contribution in [3.05, 3.63) is 0 Å². The van der Waals surface area contributed by atoms with Crippen LogP contribution in [0.1, 0.15) is 25.7 Å². The van der Waals surface area contributed by atoms with Crippen molar-refractivity contribution < 1.29 is 9.47 Å². The molecule has 0 aromatic heterocycles. The zero-order chi connectivity index (χ0) is 12.5. The van der Waals surface area contributed by atoms with E-state index >= 15 is 0 Å². The summed E-state index contributed by atoms with van der Waals surface area (Å²) in [6.45, 7) is 4.81. The summed E-state index contributed by atoms with van der Waals surface area (Å²) in [5.74, 6) is 0.686. The van der Waals surface area contributed by atoms with Gasteiger partial charge in [0.25, 0.3) is 0 Å². The van der Waals surface area contributed by atoms with Crippen LogP contribution in [0.4, 0.5) is 0 Å². The first-order valence-electron chi connectivity index (χ1n) is 6.73. The maximum Gasteiger partial charge on any atom is 0.0618 e. The minimum atomic E-state index is 0.531. The lowest BCUT2D eigenvalue weighted by molar-refractivity contribution is 0.0329. The Hall–Kier alpha value is -0.160. The minimum absolute atomic E-state index is 0.531. The smallest absolute Gasteiger partial charge is 0.0618 e. The van der Waals surface area contributed by atoms with Gasteiger partial charge in [-0.05, 0) is 44.7 Å². The Morgan fingerprint density at radius 2 is 2.18 bits per heavy atom. The van der Waals surface area contributed by atoms with E-state index in [2.05, 4.69) is 4.90 Å². The molecule has 0 aromatic rings. The van der Waals surface area contributed by atoms with Gasteiger partial charge < -0.3 is 15.2 Å². The first kappa shape index (κ1) is 14.9. The van der Waals surface area contributed by atoms with Crippen molar-refractivity contribution >= 4 is 0 Å². The molecule has 1 fully saturated rings. The Bertz CT molecular complexity index is 188. The number of rotatable bonds is 8. The van der Waals surface area contributed by atoms with E-state index in [4.69, 9.17) is 15.2 Å². The van der Waals surface area contributed by atoms with Gasteiger partial charge in [0.2, 0.25) is 0 Å². The number of ether oxygens (including phenoxy) is 2. The van der Waals surface area contributed by atoms with Gasteiger partial charge in [-0.15, -0.1) is 0 Å². The van der Waals surface area contributed by atoms with Gasteiger partial charge in [0.15, 0.2) is 0 Å². The largest absolute Gasteiger partial charge is 0.384 e. The Morgan fingerprint density at radius 3 is 2.82 bits per heavy atom. The molecule has 0 radical (unpaired) electrons. The maximum atomic E-state index is 5.60. The molecule has 4 nitrogen and oxygen atoms in total. The highest BCUT2D eigenvalue weighted by Gasteiger charge is 2.25. The predicted molar refractivity (Wildman–Crippen MR) is 70.1 cm³/mol. The van der Waals surface area contributed by atoms with Gasteiger partial charge in [-0.2, -0.15) is 0 Å². The number of nitrogens with two attached hydrogens (primary N) is 1. The maximum absolute atomic E-state index is 5.60. The standard InChI is InChI=1S/C13H28N2O2/c1-16-10-12-5-4-8-15(9-12)13(11-17-2)6-3-7-14/h12-13H,3-11,14H2,1-2H3. The van der Waals surface area contributed by atoms with E-state index in [1.54, 1.807) is 14.2 Å². The molecule has 1 aliphatic heterocycles. The number of nitrogens with zero attached hydrogens (tertiary/aromatic N) is 1. The van der Waals surface area contributed by atoms with Gasteiger partial charge >= 0.3 is 0 Å². The topological polar surface area (TPSA) is 47.7 Å². The zero-order valence-corrected chi connectivity index (χ0v) is 11.4. The minimum Gasteiger partial charge on any atom is -0.384 e. The highest BCUT2D eigenvalue weighted by atomic mass is 16.5. The SMILES string of the molecule is COCC1CCCN(C(CCCN)COC)C1. The van der Waals surface area contributed by atoms with Crippen molar-refractivity contribution in [2.24, 2.45) is 11.7 Å². The summed E-state index contributed by atoms with van der Waals surface area (Å²) in [6, 6.07) is 0.531. The Morgan fingerprint density at radius 1 is 1.35 bits per heavy atom. The van der Waals surface area contributed by atoms with Crippen LogP contribution in [-0.4, -0.2) is 58.0 Å². The first-order valence-corrected chi connectivity index (χ1v) is 6.73. The fourth-order valence-corrected chi connectivity index (χ4v) is 2.72. The second kappa shape index (κ2) is 8.86. The van der Waals surface area contributed by atoms with E-state index in [0.717, 1.165) is 39.1 Å². The fourth-order valence-electron chi connectivity index (χ4n) is 2.72. The van der Waals surface area contributed by atoms with Crippen molar-refractivity contribution in [2.75, 3.05) is 47.1 Å². The molecule has 2 N–H and O–H groups in total. The molecule has 1 rings (SSSR count). The molecular formula is C13H28N2O2. The molecule has 1 aliphatic rings. The first-order chi connectivity index (χ1) is 8.31. The van der Waals surface area contributed by atoms with Crippen LogP contribution in [0.15, 0.2) is 0 Å². The predicted octanol–water partition coefficient (Wildman–Crippen LogP) is 1.10. The van der Waals surface area contributed by atoms with Gasteiger partial charge in [-0.3, -0.25) is 4.90 Å². The van der Waals surface area contributed by atoms with Crippen LogP contribution in [0.25, 0.3) is 0 Å². The molecule has 1 heterocycles. The van der Waals surface area contributed by atoms with E-state index in [9.17, 15) is 0 Å². The second-order valence-electron chi connectivity index (χ2n) is 5.00. The van der Waals surface area contributed by atoms with Crippen molar-refractivity contribution in [2.45, 2.75) is 31.7 Å². The molecular weight excluding hydrogens is 216 g/mol. The third-order valence-corrected chi connectivity index (χ3v) is 3.57. The number of methoxy groups -OCH3 is 2. The average molecular weight is 244 g/mol. The van der Waals surface area contributed by atoms with Crippen LogP contribution < -0.4 is 5.73 Å². The molecule has 0 bridgehead atoms. The molecule has 0 aromatic carbocycles. The summed E-state index contributed by atoms with van der Waals surface area (Å²) < 4.78 is 10.6. The Kier molecular flexibility index (Phi) is 7.77. The third-order valence-electron chi connectivity index (χ3n) is 3.57. The lowest BCUT2D eigenvalue weighted by Crippen LogP contribution is -2.45. The van der Waals surface area contributed by atoms with Crippen LogP contribution in [-0.2, 0) is 9.47 Å². The van der Waals surface area contributed by atoms with Gasteiger partial charge in [0, 0.05) is 26.8 Å². The Balaban J connectivity index is 2.41. The Labute approximate surface area is 105 Å². The molecule has 2 atom stereocenters. The highest BCUT2D eigenvalue weighted by Crippen LogP contribution is 2.20. The van der Waals surface area contributed by atoms with Gasteiger partial charge in [0.05, 0.1) is 13.2 Å². The normalized spacial score (nSPS) is 23.8. The lowest BCUT2D eigenvalue weighted by atomic mass is 9.96. The molecule has 0 spiro atoms. The van der Waals surface area contributed by atoms with E-state index in [0.29, 0.717) is 12.0 Å². The van der Waals surface area contributed by atoms with Crippen LogP contribution >= 0.6 is 0 Å². The molecule has 0 saturated carbocycles. The summed E-state index contributed by atoms with van der Waals surface area (Å²) in [5, 5.41) is 0. The van der Waals surface area contributed by atoms with Crippen molar-refractivity contribution in [1.29, 1.82) is 0 Å². The molecule has 102 valence electrons. The molecule has 2 unspecified atom stereocenters. The monoisotopic (exact) mass is 244 g/mol. The number of hydrogen-bond acceptors (Lipinski definition) is 4. The second-order valence-corrected chi connectivity index (χ2v) is 5.00. The number of likely N-dealkylation sites (tertiary alicyclic amines) is 1. The van der Waals surface area contributed by atoms with Crippen LogP contribution in [0.2, 0.25) is 0 Å².